The van der Waals surface area contributed by atoms with Crippen molar-refractivity contribution in [1.82, 2.24) is 4.90 Å². The van der Waals surface area contributed by atoms with Crippen molar-refractivity contribution in [2.75, 3.05) is 11.9 Å². The standard InChI is InChI=1S/C28H26F3N3O2S/c1-19-8-5-13-22(16-19)32-26(36)24-18-25(35)34(15-7-11-20-9-3-2-4-10-20)27(37-24)33-23-14-6-12-21(17-23)28(29,30)31/h2-6,8-10,12-14,16-17,24H,7,11,15,18H2,1H3,(H,32,36). The largest absolute Gasteiger partial charge is 0.416 e. The van der Waals surface area contributed by atoms with Gasteiger partial charge in [0.25, 0.3) is 0 Å². The van der Waals surface area contributed by atoms with Gasteiger partial charge < -0.3 is 5.32 Å². The van der Waals surface area contributed by atoms with Crippen LogP contribution in [0.4, 0.5) is 24.5 Å². The summed E-state index contributed by atoms with van der Waals surface area (Å²) in [4.78, 5) is 32.0. The molecule has 3 aromatic rings. The summed E-state index contributed by atoms with van der Waals surface area (Å²) in [6.45, 7) is 2.24. The number of halogens is 3. The molecule has 0 radical (unpaired) electrons. The minimum Gasteiger partial charge on any atom is -0.325 e. The number of amidine groups is 1. The third-order valence-electron chi connectivity index (χ3n) is 5.81. The number of thioether (sulfide) groups is 1. The molecule has 0 spiro atoms. The number of amides is 2. The van der Waals surface area contributed by atoms with Crippen LogP contribution in [0.25, 0.3) is 0 Å². The summed E-state index contributed by atoms with van der Waals surface area (Å²) in [5.41, 5.74) is 1.94. The number of benzene rings is 3. The Hall–Kier alpha value is -3.59. The molecule has 1 fully saturated rings. The number of carbonyl (C=O) groups excluding carboxylic acids is 2. The van der Waals surface area contributed by atoms with Crippen LogP contribution in [-0.2, 0) is 22.2 Å². The molecule has 0 aliphatic carbocycles. The summed E-state index contributed by atoms with van der Waals surface area (Å²) in [7, 11) is 0. The third-order valence-corrected chi connectivity index (χ3v) is 6.99. The zero-order valence-corrected chi connectivity index (χ0v) is 21.0. The normalized spacial score (nSPS) is 17.2. The molecule has 9 heteroatoms. The number of carbonyl (C=O) groups is 2. The molecule has 1 N–H and O–H groups in total. The van der Waals surface area contributed by atoms with Crippen molar-refractivity contribution in [3.05, 3.63) is 95.6 Å². The molecule has 3 aromatic carbocycles. The van der Waals surface area contributed by atoms with Crippen molar-refractivity contribution in [2.45, 2.75) is 37.6 Å². The summed E-state index contributed by atoms with van der Waals surface area (Å²) in [6, 6.07) is 21.7. The highest BCUT2D eigenvalue weighted by Gasteiger charge is 2.36. The second kappa shape index (κ2) is 11.6. The van der Waals surface area contributed by atoms with Gasteiger partial charge in [0.1, 0.15) is 5.25 Å². The number of hydrogen-bond donors (Lipinski definition) is 1. The molecule has 0 saturated carbocycles. The summed E-state index contributed by atoms with van der Waals surface area (Å²) >= 11 is 1.09. The van der Waals surface area contributed by atoms with Crippen molar-refractivity contribution < 1.29 is 22.8 Å². The van der Waals surface area contributed by atoms with Crippen LogP contribution in [0.15, 0.2) is 83.9 Å². The molecule has 1 aliphatic rings. The van der Waals surface area contributed by atoms with Gasteiger partial charge >= 0.3 is 6.18 Å². The molecule has 37 heavy (non-hydrogen) atoms. The van der Waals surface area contributed by atoms with Crippen molar-refractivity contribution in [3.63, 3.8) is 0 Å². The predicted octanol–water partition coefficient (Wildman–Crippen LogP) is 6.61. The maximum Gasteiger partial charge on any atom is 0.416 e. The highest BCUT2D eigenvalue weighted by molar-refractivity contribution is 8.15. The Balaban J connectivity index is 1.56. The molecule has 2 amide bonds. The first-order valence-corrected chi connectivity index (χ1v) is 12.7. The molecule has 1 aliphatic heterocycles. The average molecular weight is 526 g/mol. The number of aliphatic imine (C=N–C) groups is 1. The van der Waals surface area contributed by atoms with E-state index in [1.807, 2.05) is 55.5 Å². The van der Waals surface area contributed by atoms with E-state index in [1.165, 1.54) is 17.0 Å². The van der Waals surface area contributed by atoms with Gasteiger partial charge in [0.05, 0.1) is 11.3 Å². The lowest BCUT2D eigenvalue weighted by atomic mass is 10.1. The first-order valence-electron chi connectivity index (χ1n) is 11.8. The van der Waals surface area contributed by atoms with Crippen molar-refractivity contribution in [2.24, 2.45) is 4.99 Å². The van der Waals surface area contributed by atoms with Gasteiger partial charge in [-0.05, 0) is 61.2 Å². The number of nitrogens with zero attached hydrogens (tertiary/aromatic N) is 2. The van der Waals surface area contributed by atoms with Gasteiger partial charge in [0.15, 0.2) is 5.17 Å². The summed E-state index contributed by atoms with van der Waals surface area (Å²) in [6.07, 6.45) is -3.19. The highest BCUT2D eigenvalue weighted by atomic mass is 32.2. The van der Waals surface area contributed by atoms with E-state index in [-0.39, 0.29) is 29.1 Å². The molecule has 1 atom stereocenters. The number of hydrogen-bond acceptors (Lipinski definition) is 4. The summed E-state index contributed by atoms with van der Waals surface area (Å²) < 4.78 is 39.7. The molecule has 1 saturated heterocycles. The fourth-order valence-corrected chi connectivity index (χ4v) is 5.08. The molecule has 5 nitrogen and oxygen atoms in total. The zero-order valence-electron chi connectivity index (χ0n) is 20.2. The lowest BCUT2D eigenvalue weighted by Gasteiger charge is -2.32. The Labute approximate surface area is 217 Å². The molecule has 1 heterocycles. The second-order valence-corrected chi connectivity index (χ2v) is 9.92. The van der Waals surface area contributed by atoms with E-state index in [4.69, 9.17) is 0 Å². The Morgan fingerprint density at radius 1 is 1.05 bits per heavy atom. The van der Waals surface area contributed by atoms with Gasteiger partial charge in [-0.3, -0.25) is 14.5 Å². The van der Waals surface area contributed by atoms with Crippen LogP contribution in [-0.4, -0.2) is 33.7 Å². The van der Waals surface area contributed by atoms with Gasteiger partial charge in [-0.2, -0.15) is 13.2 Å². The molecule has 0 aromatic heterocycles. The van der Waals surface area contributed by atoms with Gasteiger partial charge in [-0.25, -0.2) is 4.99 Å². The zero-order chi connectivity index (χ0) is 26.4. The predicted molar refractivity (Wildman–Crippen MR) is 141 cm³/mol. The highest BCUT2D eigenvalue weighted by Crippen LogP contribution is 2.34. The summed E-state index contributed by atoms with van der Waals surface area (Å²) in [5.74, 6) is -0.647. The molecular formula is C28H26F3N3O2S. The van der Waals surface area contributed by atoms with Crippen LogP contribution < -0.4 is 5.32 Å². The van der Waals surface area contributed by atoms with Crippen LogP contribution >= 0.6 is 11.8 Å². The van der Waals surface area contributed by atoms with E-state index >= 15 is 0 Å². The lowest BCUT2D eigenvalue weighted by molar-refractivity contribution is -0.137. The van der Waals surface area contributed by atoms with E-state index < -0.39 is 17.0 Å². The monoisotopic (exact) mass is 525 g/mol. The average Bonchev–Trinajstić information content (AvgIpc) is 2.86. The number of aryl methyl sites for hydroxylation is 2. The fourth-order valence-electron chi connectivity index (χ4n) is 3.96. The molecule has 1 unspecified atom stereocenters. The van der Waals surface area contributed by atoms with Crippen LogP contribution in [0.5, 0.6) is 0 Å². The molecule has 192 valence electrons. The second-order valence-electron chi connectivity index (χ2n) is 8.75. The molecule has 4 rings (SSSR count). The molecular weight excluding hydrogens is 499 g/mol. The van der Waals surface area contributed by atoms with Gasteiger partial charge in [0, 0.05) is 18.7 Å². The number of alkyl halides is 3. The van der Waals surface area contributed by atoms with Crippen molar-refractivity contribution >= 4 is 40.1 Å². The third kappa shape index (κ3) is 7.22. The minimum absolute atomic E-state index is 0.0325. The van der Waals surface area contributed by atoms with E-state index in [0.717, 1.165) is 41.4 Å². The first kappa shape index (κ1) is 26.5. The minimum atomic E-state index is -4.52. The van der Waals surface area contributed by atoms with Crippen LogP contribution in [0.2, 0.25) is 0 Å². The lowest BCUT2D eigenvalue weighted by Crippen LogP contribution is -2.45. The Morgan fingerprint density at radius 3 is 2.54 bits per heavy atom. The SMILES string of the molecule is Cc1cccc(NC(=O)C2CC(=O)N(CCCc3ccccc3)C(=Nc3cccc(C(F)(F)F)c3)S2)c1. The van der Waals surface area contributed by atoms with Gasteiger partial charge in [-0.15, -0.1) is 0 Å². The summed E-state index contributed by atoms with van der Waals surface area (Å²) in [5, 5.41) is 2.29. The van der Waals surface area contributed by atoms with Gasteiger partial charge in [0.2, 0.25) is 11.8 Å². The number of anilines is 1. The fraction of sp³-hybridized carbons (Fsp3) is 0.250. The van der Waals surface area contributed by atoms with Crippen LogP contribution in [0.1, 0.15) is 29.5 Å². The Bertz CT molecular complexity index is 1300. The van der Waals surface area contributed by atoms with Gasteiger partial charge in [-0.1, -0.05) is 60.3 Å². The van der Waals surface area contributed by atoms with Crippen molar-refractivity contribution in [1.29, 1.82) is 0 Å². The van der Waals surface area contributed by atoms with Crippen molar-refractivity contribution in [3.8, 4) is 0 Å². The Kier molecular flexibility index (Phi) is 8.33. The maximum atomic E-state index is 13.2. The van der Waals surface area contributed by atoms with E-state index in [1.54, 1.807) is 6.07 Å². The number of nitrogens with one attached hydrogen (secondary N) is 1. The van der Waals surface area contributed by atoms with E-state index in [9.17, 15) is 22.8 Å². The van der Waals surface area contributed by atoms with Crippen LogP contribution in [0, 0.1) is 6.92 Å². The molecule has 0 bridgehead atoms. The van der Waals surface area contributed by atoms with Crippen LogP contribution in [0.3, 0.4) is 0 Å². The first-order chi connectivity index (χ1) is 17.7. The smallest absolute Gasteiger partial charge is 0.325 e. The number of rotatable bonds is 7. The Morgan fingerprint density at radius 2 is 1.81 bits per heavy atom. The van der Waals surface area contributed by atoms with E-state index in [0.29, 0.717) is 18.7 Å². The quantitative estimate of drug-likeness (QED) is 0.378. The maximum absolute atomic E-state index is 13.2. The topological polar surface area (TPSA) is 61.8 Å². The van der Waals surface area contributed by atoms with E-state index in [2.05, 4.69) is 10.3 Å².